The molecule has 0 bridgehead atoms. The Balaban J connectivity index is 0.000000152. The molecule has 4 aliphatic carbocycles. The topological polar surface area (TPSA) is 110 Å². The van der Waals surface area contributed by atoms with Crippen LogP contribution in [0.25, 0.3) is 0 Å². The van der Waals surface area contributed by atoms with Crippen LogP contribution in [0.15, 0.2) is 50.9 Å². The monoisotopic (exact) mass is 737 g/mol. The molecule has 8 rings (SSSR count). The van der Waals surface area contributed by atoms with Gasteiger partial charge in [-0.1, -0.05) is 39.7 Å². The van der Waals surface area contributed by atoms with E-state index in [1.54, 1.807) is 26.2 Å². The molecule has 2 fully saturated rings. The molecular weight excluding hydrogens is 694 g/mol. The fraction of sp³-hybridized carbons (Fsp3) is 0.568. The normalized spacial score (nSPS) is 35.0. The number of ether oxygens (including phenoxy) is 2. The maximum Gasteiger partial charge on any atom is 0.262 e. The van der Waals surface area contributed by atoms with E-state index in [1.165, 1.54) is 10.5 Å². The zero-order valence-electron chi connectivity index (χ0n) is 28.4. The van der Waals surface area contributed by atoms with E-state index >= 15 is 0 Å². The number of guanidine groups is 1. The number of benzene rings is 2. The largest absolute Gasteiger partial charge is 0.381 e. The molecule has 2 aromatic rings. The van der Waals surface area contributed by atoms with Gasteiger partial charge in [-0.05, 0) is 118 Å². The number of rotatable bonds is 2. The predicted octanol–water partition coefficient (Wildman–Crippen LogP) is 6.12. The van der Waals surface area contributed by atoms with Crippen LogP contribution in [0, 0.1) is 10.8 Å². The number of aliphatic imine (C=N–C) groups is 2. The van der Waals surface area contributed by atoms with Gasteiger partial charge in [0.05, 0.1) is 12.2 Å². The SMILES string of the molecule is COC1CCC2(CC1)Cc1ccc(Br)cc1C21N=C(C)N(C)C1=O.COC1CCC2(CC1)Cc1ccc(Cl)cc1C21N=C(N)N(C)C1=O. The lowest BCUT2D eigenvalue weighted by Crippen LogP contribution is -2.51. The summed E-state index contributed by atoms with van der Waals surface area (Å²) in [5, 5.41) is 0.631. The summed E-state index contributed by atoms with van der Waals surface area (Å²) in [5.41, 5.74) is 8.50. The third-order valence-electron chi connectivity index (χ3n) is 12.6. The predicted molar refractivity (Wildman–Crippen MR) is 190 cm³/mol. The van der Waals surface area contributed by atoms with Gasteiger partial charge in [-0.15, -0.1) is 0 Å². The molecule has 2 unspecified atom stereocenters. The van der Waals surface area contributed by atoms with Crippen LogP contribution in [0.2, 0.25) is 5.02 Å². The maximum absolute atomic E-state index is 13.4. The lowest BCUT2D eigenvalue weighted by atomic mass is 9.61. The van der Waals surface area contributed by atoms with E-state index in [4.69, 9.17) is 36.8 Å². The van der Waals surface area contributed by atoms with Gasteiger partial charge in [-0.25, -0.2) is 4.99 Å². The van der Waals surface area contributed by atoms with Crippen LogP contribution in [0.5, 0.6) is 0 Å². The first-order valence-electron chi connectivity index (χ1n) is 17.0. The van der Waals surface area contributed by atoms with Gasteiger partial charge in [-0.2, -0.15) is 0 Å². The molecule has 0 aromatic heterocycles. The average molecular weight is 739 g/mol. The van der Waals surface area contributed by atoms with Crippen LogP contribution in [-0.4, -0.2) is 73.9 Å². The second kappa shape index (κ2) is 11.9. The lowest BCUT2D eigenvalue weighted by molar-refractivity contribution is -0.138. The van der Waals surface area contributed by atoms with Gasteiger partial charge >= 0.3 is 0 Å². The lowest BCUT2D eigenvalue weighted by Gasteiger charge is -2.45. The molecule has 256 valence electrons. The van der Waals surface area contributed by atoms with E-state index < -0.39 is 11.1 Å². The Bertz CT molecular complexity index is 1600. The van der Waals surface area contributed by atoms with Crippen LogP contribution >= 0.6 is 27.5 Å². The van der Waals surface area contributed by atoms with Crippen molar-refractivity contribution in [2.75, 3.05) is 28.3 Å². The number of hydrogen-bond acceptors (Lipinski definition) is 7. The van der Waals surface area contributed by atoms with E-state index in [-0.39, 0.29) is 28.7 Å². The molecule has 2 atom stereocenters. The number of fused-ring (bicyclic) bond motifs is 6. The highest BCUT2D eigenvalue weighted by Gasteiger charge is 2.67. The Morgan fingerprint density at radius 1 is 0.792 bits per heavy atom. The summed E-state index contributed by atoms with van der Waals surface area (Å²) in [5.74, 6) is 1.21. The minimum absolute atomic E-state index is 0.0307. The Hall–Kier alpha value is -2.79. The standard InChI is InChI=1S/C19H23BrN2O2.C18H22ClN3O2/c1-12-21-19(17(23)22(12)2)16-10-14(20)5-4-13(16)11-18(19)8-6-15(24-3)7-9-18;1-22-15(23)18(21-16(22)20)14-9-12(19)4-3-11(14)10-17(18)7-5-13(24-2)6-8-17/h4-5,10,15H,6-9,11H2,1-3H3;3-4,9,13H,5-8,10H2,1-2H3,(H2,20,21). The zero-order chi connectivity index (χ0) is 34.2. The van der Waals surface area contributed by atoms with Gasteiger partial charge in [0.15, 0.2) is 17.0 Å². The number of nitrogens with two attached hydrogens (primary N) is 1. The summed E-state index contributed by atoms with van der Waals surface area (Å²) < 4.78 is 12.1. The van der Waals surface area contributed by atoms with Gasteiger partial charge in [0.25, 0.3) is 11.8 Å². The van der Waals surface area contributed by atoms with Crippen molar-refractivity contribution in [2.24, 2.45) is 26.5 Å². The summed E-state index contributed by atoms with van der Waals surface area (Å²) in [6, 6.07) is 12.2. The third kappa shape index (κ3) is 4.61. The summed E-state index contributed by atoms with van der Waals surface area (Å²) in [6.45, 7) is 1.94. The van der Waals surface area contributed by atoms with Crippen molar-refractivity contribution in [2.45, 2.75) is 94.4 Å². The van der Waals surface area contributed by atoms with Crippen molar-refractivity contribution in [3.8, 4) is 0 Å². The maximum atomic E-state index is 13.4. The molecule has 11 heteroatoms. The molecule has 2 N–H and O–H groups in total. The smallest absolute Gasteiger partial charge is 0.262 e. The minimum atomic E-state index is -0.926. The molecule has 2 amide bonds. The number of likely N-dealkylation sites (N-methyl/N-ethyl adjacent to an activating group) is 2. The number of methoxy groups -OCH3 is 2. The molecule has 0 radical (unpaired) electrons. The number of amidine groups is 1. The van der Waals surface area contributed by atoms with E-state index in [0.29, 0.717) is 17.1 Å². The Morgan fingerprint density at radius 3 is 1.73 bits per heavy atom. The van der Waals surface area contributed by atoms with E-state index in [1.807, 2.05) is 32.2 Å². The summed E-state index contributed by atoms with van der Waals surface area (Å²) in [6.07, 6.45) is 9.97. The molecule has 2 heterocycles. The van der Waals surface area contributed by atoms with Crippen LogP contribution in [-0.2, 0) is 43.0 Å². The van der Waals surface area contributed by atoms with Crippen molar-refractivity contribution in [3.63, 3.8) is 0 Å². The molecule has 0 saturated heterocycles. The summed E-state index contributed by atoms with van der Waals surface area (Å²) in [4.78, 5) is 39.7. The van der Waals surface area contributed by atoms with E-state index in [0.717, 1.165) is 91.2 Å². The van der Waals surface area contributed by atoms with Gasteiger partial charge in [-0.3, -0.25) is 19.5 Å². The fourth-order valence-electron chi connectivity index (χ4n) is 9.91. The van der Waals surface area contributed by atoms with E-state index in [9.17, 15) is 9.59 Å². The van der Waals surface area contributed by atoms with Crippen molar-refractivity contribution in [1.29, 1.82) is 0 Å². The van der Waals surface area contributed by atoms with Crippen molar-refractivity contribution < 1.29 is 19.1 Å². The Labute approximate surface area is 296 Å². The van der Waals surface area contributed by atoms with Gasteiger partial charge in [0.2, 0.25) is 0 Å². The number of nitrogens with zero attached hydrogens (tertiary/aromatic N) is 4. The third-order valence-corrected chi connectivity index (χ3v) is 13.4. The Morgan fingerprint density at radius 2 is 1.27 bits per heavy atom. The van der Waals surface area contributed by atoms with Crippen LogP contribution in [0.3, 0.4) is 0 Å². The Kier molecular flexibility index (Phi) is 8.37. The van der Waals surface area contributed by atoms with Gasteiger partial charge in [0, 0.05) is 48.6 Å². The van der Waals surface area contributed by atoms with Crippen LogP contribution in [0.4, 0.5) is 0 Å². The van der Waals surface area contributed by atoms with E-state index in [2.05, 4.69) is 34.1 Å². The van der Waals surface area contributed by atoms with Gasteiger partial charge in [0.1, 0.15) is 5.84 Å². The van der Waals surface area contributed by atoms with Crippen molar-refractivity contribution in [3.05, 3.63) is 68.1 Å². The number of carbonyl (C=O) groups excluding carboxylic acids is 2. The van der Waals surface area contributed by atoms with Crippen LogP contribution in [0.1, 0.15) is 80.5 Å². The highest BCUT2D eigenvalue weighted by Crippen LogP contribution is 2.63. The fourth-order valence-corrected chi connectivity index (χ4v) is 10.4. The quantitative estimate of drug-likeness (QED) is 0.400. The number of halogens is 2. The molecule has 48 heavy (non-hydrogen) atoms. The second-order valence-electron chi connectivity index (χ2n) is 14.7. The molecular formula is C37H45BrClN5O4. The van der Waals surface area contributed by atoms with Crippen LogP contribution < -0.4 is 5.73 Å². The summed E-state index contributed by atoms with van der Waals surface area (Å²) >= 11 is 9.84. The highest BCUT2D eigenvalue weighted by atomic mass is 79.9. The molecule has 4 spiro atoms. The first kappa shape index (κ1) is 33.7. The zero-order valence-corrected chi connectivity index (χ0v) is 30.8. The first-order valence-corrected chi connectivity index (χ1v) is 18.2. The minimum Gasteiger partial charge on any atom is -0.381 e. The average Bonchev–Trinajstić information content (AvgIpc) is 3.68. The molecule has 9 nitrogen and oxygen atoms in total. The van der Waals surface area contributed by atoms with Crippen molar-refractivity contribution in [1.82, 2.24) is 9.80 Å². The van der Waals surface area contributed by atoms with Crippen molar-refractivity contribution >= 4 is 51.1 Å². The summed E-state index contributed by atoms with van der Waals surface area (Å²) in [7, 11) is 7.09. The van der Waals surface area contributed by atoms with Gasteiger partial charge < -0.3 is 20.1 Å². The first-order chi connectivity index (χ1) is 22.9. The highest BCUT2D eigenvalue weighted by molar-refractivity contribution is 9.10. The number of hydrogen-bond donors (Lipinski definition) is 1. The molecule has 2 saturated carbocycles. The number of amides is 2. The molecule has 6 aliphatic rings. The second-order valence-corrected chi connectivity index (χ2v) is 16.0. The molecule has 2 aromatic carbocycles. The number of carbonyl (C=O) groups is 2. The molecule has 2 aliphatic heterocycles.